The molecule has 0 aromatic heterocycles. The first-order valence-electron chi connectivity index (χ1n) is 2.01. The van der Waals surface area contributed by atoms with E-state index in [0.717, 1.165) is 0 Å². The molecule has 0 aromatic rings. The van der Waals surface area contributed by atoms with Crippen LogP contribution in [0.1, 0.15) is 0 Å². The van der Waals surface area contributed by atoms with E-state index in [-0.39, 0.29) is 0 Å². The average molecular weight is 108 g/mol. The molecule has 1 heterocycles. The van der Waals surface area contributed by atoms with Crippen LogP contribution in [0.4, 0.5) is 0 Å². The van der Waals surface area contributed by atoms with Gasteiger partial charge in [0.05, 0.1) is 0 Å². The Balaban J connectivity index is 2.89. The molecule has 0 spiro atoms. The summed E-state index contributed by atoms with van der Waals surface area (Å²) in [6, 6.07) is 0. The topological polar surface area (TPSA) is 46.5 Å². The first kappa shape index (κ1) is 4.90. The van der Waals surface area contributed by atoms with Gasteiger partial charge in [0, 0.05) is 12.3 Å². The lowest BCUT2D eigenvalue weighted by Crippen LogP contribution is -2.10. The quantitative estimate of drug-likeness (QED) is 0.393. The van der Waals surface area contributed by atoms with Crippen molar-refractivity contribution in [1.82, 2.24) is 0 Å². The summed E-state index contributed by atoms with van der Waals surface area (Å²) >= 11 is 0. The van der Waals surface area contributed by atoms with E-state index in [2.05, 4.69) is 11.1 Å². The Morgan fingerprint density at radius 3 is 2.62 bits per heavy atom. The lowest BCUT2D eigenvalue weighted by atomic mass is 10.3. The molecule has 0 saturated heterocycles. The summed E-state index contributed by atoms with van der Waals surface area (Å²) in [5.41, 5.74) is 0. The third-order valence-corrected chi connectivity index (χ3v) is 0.675. The molecule has 0 bridgehead atoms. The number of allylic oxidation sites excluding steroid dienone is 1. The zero-order chi connectivity index (χ0) is 5.98. The summed E-state index contributed by atoms with van der Waals surface area (Å²) in [5, 5.41) is 0. The molecule has 0 unspecified atom stereocenters. The Labute approximate surface area is 45.7 Å². The zero-order valence-corrected chi connectivity index (χ0v) is 3.92. The number of carbonyl (C=O) groups is 2. The molecule has 0 aliphatic carbocycles. The summed E-state index contributed by atoms with van der Waals surface area (Å²) in [7, 11) is 0. The number of amides is 1. The Bertz CT molecular complexity index is 169. The molecule has 0 saturated carbocycles. The third-order valence-electron chi connectivity index (χ3n) is 0.675. The predicted molar refractivity (Wildman–Crippen MR) is 26.3 cm³/mol. The van der Waals surface area contributed by atoms with E-state index in [1.54, 1.807) is 0 Å². The molecule has 0 aromatic carbocycles. The minimum absolute atomic E-state index is 0.674. The van der Waals surface area contributed by atoms with Crippen molar-refractivity contribution in [3.05, 3.63) is 12.2 Å². The third kappa shape index (κ3) is 0.703. The summed E-state index contributed by atoms with van der Waals surface area (Å²) in [4.78, 5) is 23.5. The van der Waals surface area contributed by atoms with Crippen molar-refractivity contribution in [1.29, 1.82) is 0 Å². The van der Waals surface area contributed by atoms with Gasteiger partial charge in [-0.05, 0) is 6.08 Å². The number of nitrogens with zero attached hydrogens (tertiary/aromatic N) is 1. The molecular formula is C5H2NO2. The van der Waals surface area contributed by atoms with E-state index >= 15 is 0 Å². The summed E-state index contributed by atoms with van der Waals surface area (Å²) < 4.78 is 0. The molecule has 1 aliphatic heterocycles. The molecule has 1 aliphatic rings. The van der Waals surface area contributed by atoms with Crippen LogP contribution in [0, 0.1) is 6.08 Å². The van der Waals surface area contributed by atoms with Crippen molar-refractivity contribution in [2.45, 2.75) is 0 Å². The number of ketones is 1. The first-order valence-corrected chi connectivity index (χ1v) is 2.01. The average Bonchev–Trinajstić information content (AvgIpc) is 1.77. The second-order valence-corrected chi connectivity index (χ2v) is 1.22. The van der Waals surface area contributed by atoms with Gasteiger partial charge in [0.15, 0.2) is 0 Å². The highest BCUT2D eigenvalue weighted by Crippen LogP contribution is 1.85. The van der Waals surface area contributed by atoms with Gasteiger partial charge >= 0.3 is 5.91 Å². The van der Waals surface area contributed by atoms with Crippen molar-refractivity contribution in [2.24, 2.45) is 4.99 Å². The number of hydrogen-bond acceptors (Lipinski definition) is 2. The molecule has 1 rings (SSSR count). The SMILES string of the molecule is O=C1[C]=CC=NC1=O. The van der Waals surface area contributed by atoms with E-state index in [0.29, 0.717) is 0 Å². The van der Waals surface area contributed by atoms with E-state index in [1.807, 2.05) is 0 Å². The van der Waals surface area contributed by atoms with Gasteiger partial charge in [0.2, 0.25) is 0 Å². The highest BCUT2D eigenvalue weighted by Gasteiger charge is 2.09. The Hall–Kier alpha value is -1.25. The Kier molecular flexibility index (Phi) is 1.04. The fourth-order valence-electron chi connectivity index (χ4n) is 0.338. The highest BCUT2D eigenvalue weighted by atomic mass is 16.2. The molecule has 3 heteroatoms. The van der Waals surface area contributed by atoms with E-state index in [1.165, 1.54) is 12.3 Å². The summed E-state index contributed by atoms with van der Waals surface area (Å²) in [6.07, 6.45) is 4.72. The van der Waals surface area contributed by atoms with Crippen LogP contribution < -0.4 is 0 Å². The Morgan fingerprint density at radius 2 is 2.25 bits per heavy atom. The lowest BCUT2D eigenvalue weighted by molar-refractivity contribution is -0.133. The fourth-order valence-corrected chi connectivity index (χ4v) is 0.338. The normalized spacial score (nSPS) is 17.5. The van der Waals surface area contributed by atoms with Crippen molar-refractivity contribution < 1.29 is 9.59 Å². The van der Waals surface area contributed by atoms with Gasteiger partial charge in [0.1, 0.15) is 0 Å². The van der Waals surface area contributed by atoms with Crippen LogP contribution in [0.2, 0.25) is 0 Å². The second-order valence-electron chi connectivity index (χ2n) is 1.22. The number of rotatable bonds is 0. The molecule has 0 N–H and O–H groups in total. The standard InChI is InChI=1S/C5H2NO2/c7-4-2-1-3-6-5(4)8/h1,3H. The van der Waals surface area contributed by atoms with Crippen molar-refractivity contribution in [3.63, 3.8) is 0 Å². The molecule has 8 heavy (non-hydrogen) atoms. The van der Waals surface area contributed by atoms with Gasteiger partial charge in [-0.3, -0.25) is 9.59 Å². The summed E-state index contributed by atoms with van der Waals surface area (Å²) in [6.45, 7) is 0. The summed E-state index contributed by atoms with van der Waals surface area (Å²) in [5.74, 6) is -1.42. The van der Waals surface area contributed by atoms with Crippen LogP contribution >= 0.6 is 0 Å². The monoisotopic (exact) mass is 108 g/mol. The molecule has 0 fully saturated rings. The molecule has 0 atom stereocenters. The smallest absolute Gasteiger partial charge is 0.283 e. The van der Waals surface area contributed by atoms with Gasteiger partial charge in [-0.2, -0.15) is 0 Å². The van der Waals surface area contributed by atoms with Crippen molar-refractivity contribution in [3.8, 4) is 0 Å². The van der Waals surface area contributed by atoms with Gasteiger partial charge in [-0.25, -0.2) is 4.99 Å². The zero-order valence-electron chi connectivity index (χ0n) is 3.92. The number of dihydropyridines is 1. The maximum absolute atomic E-state index is 10.2. The van der Waals surface area contributed by atoms with Gasteiger partial charge < -0.3 is 0 Å². The molecule has 39 valence electrons. The van der Waals surface area contributed by atoms with Crippen LogP contribution in [0.5, 0.6) is 0 Å². The van der Waals surface area contributed by atoms with Crippen LogP contribution in [-0.2, 0) is 9.59 Å². The number of hydrogen-bond donors (Lipinski definition) is 0. The largest absolute Gasteiger partial charge is 0.318 e. The van der Waals surface area contributed by atoms with Crippen LogP contribution in [0.3, 0.4) is 0 Å². The van der Waals surface area contributed by atoms with Crippen molar-refractivity contribution in [2.75, 3.05) is 0 Å². The van der Waals surface area contributed by atoms with E-state index in [9.17, 15) is 9.59 Å². The number of Topliss-reactive ketones (excluding diaryl/α,β-unsaturated/α-hetero) is 1. The maximum atomic E-state index is 10.2. The van der Waals surface area contributed by atoms with Gasteiger partial charge in [-0.1, -0.05) is 0 Å². The maximum Gasteiger partial charge on any atom is 0.318 e. The fraction of sp³-hybridized carbons (Fsp3) is 0. The van der Waals surface area contributed by atoms with E-state index < -0.39 is 11.7 Å². The minimum atomic E-state index is -0.743. The Morgan fingerprint density at radius 1 is 1.50 bits per heavy atom. The molecule has 3 nitrogen and oxygen atoms in total. The molecule has 1 amide bonds. The van der Waals surface area contributed by atoms with Crippen LogP contribution in [0.15, 0.2) is 11.1 Å². The second kappa shape index (κ2) is 1.69. The van der Waals surface area contributed by atoms with Gasteiger partial charge in [-0.15, -0.1) is 0 Å². The molecular weight excluding hydrogens is 106 g/mol. The van der Waals surface area contributed by atoms with Crippen molar-refractivity contribution >= 4 is 17.9 Å². The van der Waals surface area contributed by atoms with E-state index in [4.69, 9.17) is 0 Å². The number of aliphatic imine (C=N–C) groups is 1. The lowest BCUT2D eigenvalue weighted by Gasteiger charge is -1.87. The minimum Gasteiger partial charge on any atom is -0.283 e. The highest BCUT2D eigenvalue weighted by molar-refractivity contribution is 6.42. The number of carbonyl (C=O) groups excluding carboxylic acids is 2. The van der Waals surface area contributed by atoms with Crippen LogP contribution in [-0.4, -0.2) is 17.9 Å². The predicted octanol–water partition coefficient (Wildman–Crippen LogP) is -0.474. The van der Waals surface area contributed by atoms with Gasteiger partial charge in [0.25, 0.3) is 5.78 Å². The molecule has 1 radical (unpaired) electrons. The first-order chi connectivity index (χ1) is 3.80. The van der Waals surface area contributed by atoms with Crippen LogP contribution in [0.25, 0.3) is 0 Å².